The summed E-state index contributed by atoms with van der Waals surface area (Å²) in [7, 11) is 4.23. The molecule has 0 saturated heterocycles. The van der Waals surface area contributed by atoms with Gasteiger partial charge in [0.15, 0.2) is 0 Å². The smallest absolute Gasteiger partial charge is 0.0966 e. The van der Waals surface area contributed by atoms with Crippen molar-refractivity contribution in [3.8, 4) is 0 Å². The van der Waals surface area contributed by atoms with E-state index in [2.05, 4.69) is 55.3 Å². The maximum atomic E-state index is 4.52. The second-order valence-corrected chi connectivity index (χ2v) is 5.99. The Morgan fingerprint density at radius 2 is 2.00 bits per heavy atom. The molecule has 1 aromatic rings. The maximum Gasteiger partial charge on any atom is 0.0966 e. The van der Waals surface area contributed by atoms with E-state index in [9.17, 15) is 0 Å². The van der Waals surface area contributed by atoms with E-state index in [1.165, 1.54) is 12.0 Å². The number of nitrogens with one attached hydrogen (secondary N) is 1. The highest BCUT2D eigenvalue weighted by Gasteiger charge is 1.98. The molecule has 18 heavy (non-hydrogen) atoms. The Labute approximate surface area is 115 Å². The van der Waals surface area contributed by atoms with Crippen molar-refractivity contribution in [1.29, 1.82) is 0 Å². The number of pyridine rings is 1. The molecule has 0 aliphatic rings. The monoisotopic (exact) mass is 267 g/mol. The van der Waals surface area contributed by atoms with E-state index in [0.29, 0.717) is 0 Å². The topological polar surface area (TPSA) is 28.2 Å². The van der Waals surface area contributed by atoms with Gasteiger partial charge in [-0.25, -0.2) is 4.98 Å². The van der Waals surface area contributed by atoms with Crippen LogP contribution in [0.2, 0.25) is 0 Å². The van der Waals surface area contributed by atoms with Crippen LogP contribution < -0.4 is 5.32 Å². The summed E-state index contributed by atoms with van der Waals surface area (Å²) in [6, 6.07) is 4.27. The van der Waals surface area contributed by atoms with Crippen LogP contribution in [-0.2, 0) is 0 Å². The zero-order chi connectivity index (χ0) is 13.4. The third-order valence-electron chi connectivity index (χ3n) is 2.56. The molecule has 0 radical (unpaired) electrons. The van der Waals surface area contributed by atoms with Crippen LogP contribution in [0.15, 0.2) is 17.2 Å². The first-order chi connectivity index (χ1) is 8.58. The predicted octanol–water partition coefficient (Wildman–Crippen LogP) is 2.33. The van der Waals surface area contributed by atoms with Crippen LogP contribution in [0.25, 0.3) is 0 Å². The van der Waals surface area contributed by atoms with Crippen LogP contribution in [0, 0.1) is 13.8 Å². The van der Waals surface area contributed by atoms with Crippen LogP contribution >= 0.6 is 11.8 Å². The molecule has 102 valence electrons. The van der Waals surface area contributed by atoms with E-state index in [1.807, 2.05) is 11.8 Å². The number of hydrogen-bond acceptors (Lipinski definition) is 4. The Morgan fingerprint density at radius 3 is 2.67 bits per heavy atom. The third-order valence-corrected chi connectivity index (χ3v) is 3.48. The Bertz CT molecular complexity index is 333. The van der Waals surface area contributed by atoms with Crippen molar-refractivity contribution in [2.45, 2.75) is 25.3 Å². The molecule has 0 unspecified atom stereocenters. The molecule has 1 rings (SSSR count). The first kappa shape index (κ1) is 15.5. The standard InChI is InChI=1S/C14H25N3S/c1-12-10-13(2)16-14(11-12)18-9-7-15-6-5-8-17(3)4/h10-11,15H,5-9H2,1-4H3. The van der Waals surface area contributed by atoms with Gasteiger partial charge in [-0.2, -0.15) is 0 Å². The fraction of sp³-hybridized carbons (Fsp3) is 0.643. The van der Waals surface area contributed by atoms with Crippen molar-refractivity contribution in [2.24, 2.45) is 0 Å². The molecule has 3 nitrogen and oxygen atoms in total. The second-order valence-electron chi connectivity index (χ2n) is 4.88. The van der Waals surface area contributed by atoms with Gasteiger partial charge in [0.05, 0.1) is 5.03 Å². The lowest BCUT2D eigenvalue weighted by Crippen LogP contribution is -2.23. The molecule has 0 aliphatic carbocycles. The fourth-order valence-corrected chi connectivity index (χ4v) is 2.68. The highest BCUT2D eigenvalue weighted by molar-refractivity contribution is 7.99. The molecule has 4 heteroatoms. The van der Waals surface area contributed by atoms with E-state index in [-0.39, 0.29) is 0 Å². The van der Waals surface area contributed by atoms with Gasteiger partial charge in [-0.3, -0.25) is 0 Å². The molecular weight excluding hydrogens is 242 g/mol. The number of hydrogen-bond donors (Lipinski definition) is 1. The molecule has 0 fully saturated rings. The van der Waals surface area contributed by atoms with Gasteiger partial charge in [-0.1, -0.05) is 0 Å². The van der Waals surface area contributed by atoms with E-state index in [1.54, 1.807) is 0 Å². The summed E-state index contributed by atoms with van der Waals surface area (Å²) in [5, 5.41) is 4.61. The Balaban J connectivity index is 2.10. The number of nitrogens with zero attached hydrogens (tertiary/aromatic N) is 2. The molecular formula is C14H25N3S. The molecule has 0 aromatic carbocycles. The van der Waals surface area contributed by atoms with Crippen molar-refractivity contribution in [3.05, 3.63) is 23.4 Å². The lowest BCUT2D eigenvalue weighted by molar-refractivity contribution is 0.396. The van der Waals surface area contributed by atoms with Crippen molar-refractivity contribution < 1.29 is 0 Å². The Kier molecular flexibility index (Phi) is 7.32. The molecule has 0 saturated carbocycles. The van der Waals surface area contributed by atoms with Crippen LogP contribution in [0.4, 0.5) is 0 Å². The first-order valence-electron chi connectivity index (χ1n) is 6.51. The van der Waals surface area contributed by atoms with E-state index in [0.717, 1.165) is 36.1 Å². The molecule has 1 heterocycles. The van der Waals surface area contributed by atoms with Crippen LogP contribution in [0.1, 0.15) is 17.7 Å². The van der Waals surface area contributed by atoms with Gasteiger partial charge in [-0.15, -0.1) is 11.8 Å². The van der Waals surface area contributed by atoms with Gasteiger partial charge in [0.2, 0.25) is 0 Å². The minimum Gasteiger partial charge on any atom is -0.316 e. The largest absolute Gasteiger partial charge is 0.316 e. The average Bonchev–Trinajstić information content (AvgIpc) is 2.26. The van der Waals surface area contributed by atoms with E-state index < -0.39 is 0 Å². The molecule has 1 N–H and O–H groups in total. The number of aromatic nitrogens is 1. The number of aryl methyl sites for hydroxylation is 2. The maximum absolute atomic E-state index is 4.52. The minimum absolute atomic E-state index is 1.05. The lowest BCUT2D eigenvalue weighted by Gasteiger charge is -2.09. The van der Waals surface area contributed by atoms with Gasteiger partial charge < -0.3 is 10.2 Å². The predicted molar refractivity (Wildman–Crippen MR) is 80.5 cm³/mol. The average molecular weight is 267 g/mol. The van der Waals surface area contributed by atoms with Crippen molar-refractivity contribution in [1.82, 2.24) is 15.2 Å². The third kappa shape index (κ3) is 6.99. The SMILES string of the molecule is Cc1cc(C)nc(SCCNCCCN(C)C)c1. The summed E-state index contributed by atoms with van der Waals surface area (Å²) in [5.41, 5.74) is 2.40. The van der Waals surface area contributed by atoms with Gasteiger partial charge in [0, 0.05) is 18.0 Å². The first-order valence-corrected chi connectivity index (χ1v) is 7.50. The second kappa shape index (κ2) is 8.51. The molecule has 0 bridgehead atoms. The molecule has 0 spiro atoms. The van der Waals surface area contributed by atoms with Crippen LogP contribution in [0.5, 0.6) is 0 Å². The van der Waals surface area contributed by atoms with Gasteiger partial charge in [-0.05, 0) is 65.1 Å². The van der Waals surface area contributed by atoms with Gasteiger partial charge in [0.1, 0.15) is 0 Å². The molecule has 1 aromatic heterocycles. The summed E-state index contributed by atoms with van der Waals surface area (Å²) in [5.74, 6) is 1.08. The summed E-state index contributed by atoms with van der Waals surface area (Å²) in [6.07, 6.45) is 1.21. The Morgan fingerprint density at radius 1 is 1.22 bits per heavy atom. The summed E-state index contributed by atoms with van der Waals surface area (Å²) >= 11 is 1.83. The molecule has 0 aliphatic heterocycles. The van der Waals surface area contributed by atoms with E-state index in [4.69, 9.17) is 0 Å². The molecule has 0 amide bonds. The molecule has 0 atom stereocenters. The van der Waals surface area contributed by atoms with Crippen molar-refractivity contribution in [3.63, 3.8) is 0 Å². The zero-order valence-corrected chi connectivity index (χ0v) is 12.8. The minimum atomic E-state index is 1.05. The Hall–Kier alpha value is -0.580. The summed E-state index contributed by atoms with van der Waals surface area (Å²) < 4.78 is 0. The van der Waals surface area contributed by atoms with Crippen molar-refractivity contribution >= 4 is 11.8 Å². The summed E-state index contributed by atoms with van der Waals surface area (Å²) in [4.78, 5) is 6.74. The van der Waals surface area contributed by atoms with Crippen LogP contribution in [0.3, 0.4) is 0 Å². The normalized spacial score (nSPS) is 11.2. The number of thioether (sulfide) groups is 1. The highest BCUT2D eigenvalue weighted by Crippen LogP contribution is 2.16. The lowest BCUT2D eigenvalue weighted by atomic mass is 10.3. The zero-order valence-electron chi connectivity index (χ0n) is 12.0. The number of rotatable bonds is 8. The fourth-order valence-electron chi connectivity index (χ4n) is 1.75. The van der Waals surface area contributed by atoms with Crippen LogP contribution in [-0.4, -0.2) is 49.4 Å². The van der Waals surface area contributed by atoms with E-state index >= 15 is 0 Å². The van der Waals surface area contributed by atoms with Gasteiger partial charge in [0.25, 0.3) is 0 Å². The van der Waals surface area contributed by atoms with Gasteiger partial charge >= 0.3 is 0 Å². The van der Waals surface area contributed by atoms with Crippen molar-refractivity contribution in [2.75, 3.05) is 39.5 Å². The summed E-state index contributed by atoms with van der Waals surface area (Å²) in [6.45, 7) is 7.47. The highest BCUT2D eigenvalue weighted by atomic mass is 32.2. The quantitative estimate of drug-likeness (QED) is 0.578.